The fraction of sp³-hybridized carbons (Fsp3) is 0.619. The molecule has 1 saturated heterocycles. The highest BCUT2D eigenvalue weighted by atomic mass is 16.2. The Bertz CT molecular complexity index is 581. The minimum atomic E-state index is 0.128. The maximum absolute atomic E-state index is 12.6. The monoisotopic (exact) mass is 344 g/mol. The fourth-order valence-electron chi connectivity index (χ4n) is 3.57. The Morgan fingerprint density at radius 3 is 2.32 bits per heavy atom. The zero-order chi connectivity index (χ0) is 18.2. The maximum atomic E-state index is 12.6. The Kier molecular flexibility index (Phi) is 7.48. The molecular formula is C21H32N2O2. The van der Waals surface area contributed by atoms with Crippen molar-refractivity contribution in [2.75, 3.05) is 26.2 Å². The van der Waals surface area contributed by atoms with Crippen LogP contribution < -0.4 is 0 Å². The van der Waals surface area contributed by atoms with Gasteiger partial charge in [0.15, 0.2) is 0 Å². The lowest BCUT2D eigenvalue weighted by molar-refractivity contribution is -0.136. The fourth-order valence-corrected chi connectivity index (χ4v) is 3.57. The number of carbonyl (C=O) groups excluding carboxylic acids is 2. The molecule has 1 aromatic carbocycles. The highest BCUT2D eigenvalue weighted by molar-refractivity contribution is 5.79. The standard InChI is InChI=1S/C21H32N2O2/c1-4-18(5-2)21(25)23-14-8-13-22(15-16-23)20(24)12-11-19-10-7-6-9-17(19)3/h6-7,9-10,18H,4-5,8,11-16H2,1-3H3. The lowest BCUT2D eigenvalue weighted by Crippen LogP contribution is -2.39. The topological polar surface area (TPSA) is 40.6 Å². The number of hydrogen-bond acceptors (Lipinski definition) is 2. The van der Waals surface area contributed by atoms with Crippen LogP contribution >= 0.6 is 0 Å². The molecule has 0 N–H and O–H groups in total. The summed E-state index contributed by atoms with van der Waals surface area (Å²) in [6, 6.07) is 8.25. The molecule has 1 aliphatic heterocycles. The average Bonchev–Trinajstić information content (AvgIpc) is 2.88. The molecule has 1 fully saturated rings. The molecule has 2 amide bonds. The second-order valence-corrected chi connectivity index (χ2v) is 7.00. The van der Waals surface area contributed by atoms with Gasteiger partial charge in [0.2, 0.25) is 11.8 Å². The smallest absolute Gasteiger partial charge is 0.225 e. The molecule has 4 heteroatoms. The lowest BCUT2D eigenvalue weighted by Gasteiger charge is -2.25. The van der Waals surface area contributed by atoms with Crippen LogP contribution in [0.5, 0.6) is 0 Å². The van der Waals surface area contributed by atoms with E-state index in [-0.39, 0.29) is 17.7 Å². The van der Waals surface area contributed by atoms with Crippen molar-refractivity contribution >= 4 is 11.8 Å². The van der Waals surface area contributed by atoms with E-state index in [1.165, 1.54) is 11.1 Å². The first-order valence-electron chi connectivity index (χ1n) is 9.67. The van der Waals surface area contributed by atoms with E-state index < -0.39 is 0 Å². The Balaban J connectivity index is 1.86. The van der Waals surface area contributed by atoms with Gasteiger partial charge in [0.1, 0.15) is 0 Å². The van der Waals surface area contributed by atoms with Crippen LogP contribution in [0.1, 0.15) is 50.7 Å². The summed E-state index contributed by atoms with van der Waals surface area (Å²) < 4.78 is 0. The number of aryl methyl sites for hydroxylation is 2. The average molecular weight is 344 g/mol. The summed E-state index contributed by atoms with van der Waals surface area (Å²) in [5.74, 6) is 0.600. The Morgan fingerprint density at radius 2 is 1.64 bits per heavy atom. The molecule has 138 valence electrons. The van der Waals surface area contributed by atoms with Gasteiger partial charge in [-0.15, -0.1) is 0 Å². The van der Waals surface area contributed by atoms with Gasteiger partial charge in [-0.3, -0.25) is 9.59 Å². The molecule has 0 unspecified atom stereocenters. The third kappa shape index (κ3) is 5.32. The van der Waals surface area contributed by atoms with E-state index in [1.807, 2.05) is 21.9 Å². The summed E-state index contributed by atoms with van der Waals surface area (Å²) in [7, 11) is 0. The molecule has 0 aliphatic carbocycles. The van der Waals surface area contributed by atoms with Crippen LogP contribution in [0.4, 0.5) is 0 Å². The van der Waals surface area contributed by atoms with Crippen molar-refractivity contribution in [2.45, 2.75) is 52.9 Å². The molecule has 2 rings (SSSR count). The number of hydrogen-bond donors (Lipinski definition) is 0. The number of benzene rings is 1. The van der Waals surface area contributed by atoms with Gasteiger partial charge in [-0.1, -0.05) is 38.1 Å². The van der Waals surface area contributed by atoms with Crippen LogP contribution in [-0.2, 0) is 16.0 Å². The molecule has 0 aromatic heterocycles. The second-order valence-electron chi connectivity index (χ2n) is 7.00. The van der Waals surface area contributed by atoms with Crippen molar-refractivity contribution in [3.05, 3.63) is 35.4 Å². The van der Waals surface area contributed by atoms with Gasteiger partial charge in [-0.25, -0.2) is 0 Å². The highest BCUT2D eigenvalue weighted by Gasteiger charge is 2.25. The summed E-state index contributed by atoms with van der Waals surface area (Å²) in [5.41, 5.74) is 2.49. The van der Waals surface area contributed by atoms with E-state index >= 15 is 0 Å². The molecular weight excluding hydrogens is 312 g/mol. The molecule has 1 aromatic rings. The Labute approximate surface area is 152 Å². The third-order valence-electron chi connectivity index (χ3n) is 5.36. The van der Waals surface area contributed by atoms with Crippen LogP contribution in [0.2, 0.25) is 0 Å². The van der Waals surface area contributed by atoms with E-state index in [2.05, 4.69) is 32.9 Å². The van der Waals surface area contributed by atoms with Gasteiger partial charge in [0.05, 0.1) is 0 Å². The Hall–Kier alpha value is -1.84. The van der Waals surface area contributed by atoms with Gasteiger partial charge in [0, 0.05) is 38.5 Å². The zero-order valence-electron chi connectivity index (χ0n) is 16.0. The first-order chi connectivity index (χ1) is 12.1. The molecule has 25 heavy (non-hydrogen) atoms. The highest BCUT2D eigenvalue weighted by Crippen LogP contribution is 2.15. The van der Waals surface area contributed by atoms with Gasteiger partial charge < -0.3 is 9.80 Å². The molecule has 4 nitrogen and oxygen atoms in total. The van der Waals surface area contributed by atoms with Crippen molar-refractivity contribution in [2.24, 2.45) is 5.92 Å². The number of carbonyl (C=O) groups is 2. The van der Waals surface area contributed by atoms with Crippen molar-refractivity contribution < 1.29 is 9.59 Å². The van der Waals surface area contributed by atoms with Crippen LogP contribution in [0.15, 0.2) is 24.3 Å². The van der Waals surface area contributed by atoms with Crippen LogP contribution in [0, 0.1) is 12.8 Å². The van der Waals surface area contributed by atoms with Gasteiger partial charge in [0.25, 0.3) is 0 Å². The molecule has 0 bridgehead atoms. The van der Waals surface area contributed by atoms with Crippen molar-refractivity contribution in [3.63, 3.8) is 0 Å². The minimum absolute atomic E-state index is 0.128. The number of nitrogens with zero attached hydrogens (tertiary/aromatic N) is 2. The molecule has 0 atom stereocenters. The summed E-state index contributed by atoms with van der Waals surface area (Å²) in [5, 5.41) is 0. The molecule has 0 saturated carbocycles. The minimum Gasteiger partial charge on any atom is -0.341 e. The predicted molar refractivity (Wildman–Crippen MR) is 101 cm³/mol. The molecule has 0 spiro atoms. The van der Waals surface area contributed by atoms with Gasteiger partial charge >= 0.3 is 0 Å². The summed E-state index contributed by atoms with van der Waals surface area (Å²) in [4.78, 5) is 29.0. The van der Waals surface area contributed by atoms with E-state index in [9.17, 15) is 9.59 Å². The lowest BCUT2D eigenvalue weighted by atomic mass is 10.0. The van der Waals surface area contributed by atoms with E-state index in [0.29, 0.717) is 19.5 Å². The molecule has 0 radical (unpaired) electrons. The van der Waals surface area contributed by atoms with E-state index in [1.54, 1.807) is 0 Å². The third-order valence-corrected chi connectivity index (χ3v) is 5.36. The normalized spacial score (nSPS) is 15.4. The van der Waals surface area contributed by atoms with Gasteiger partial charge in [-0.05, 0) is 43.7 Å². The molecule has 1 aliphatic rings. The largest absolute Gasteiger partial charge is 0.341 e. The Morgan fingerprint density at radius 1 is 1.00 bits per heavy atom. The summed E-state index contributed by atoms with van der Waals surface area (Å²) in [6.45, 7) is 9.11. The second kappa shape index (κ2) is 9.59. The van der Waals surface area contributed by atoms with Crippen LogP contribution in [-0.4, -0.2) is 47.8 Å². The number of rotatable bonds is 6. The number of amides is 2. The van der Waals surface area contributed by atoms with Crippen molar-refractivity contribution in [1.82, 2.24) is 9.80 Å². The summed E-state index contributed by atoms with van der Waals surface area (Å²) >= 11 is 0. The van der Waals surface area contributed by atoms with Crippen molar-refractivity contribution in [3.8, 4) is 0 Å². The first-order valence-corrected chi connectivity index (χ1v) is 9.67. The first kappa shape index (κ1) is 19.5. The van der Waals surface area contributed by atoms with Crippen LogP contribution in [0.25, 0.3) is 0 Å². The predicted octanol–water partition coefficient (Wildman–Crippen LogP) is 3.42. The molecule has 1 heterocycles. The van der Waals surface area contributed by atoms with E-state index in [4.69, 9.17) is 0 Å². The van der Waals surface area contributed by atoms with Crippen LogP contribution in [0.3, 0.4) is 0 Å². The van der Waals surface area contributed by atoms with Crippen molar-refractivity contribution in [1.29, 1.82) is 0 Å². The van der Waals surface area contributed by atoms with E-state index in [0.717, 1.165) is 38.8 Å². The zero-order valence-corrected chi connectivity index (χ0v) is 16.0. The summed E-state index contributed by atoms with van der Waals surface area (Å²) in [6.07, 6.45) is 4.00. The van der Waals surface area contributed by atoms with Gasteiger partial charge in [-0.2, -0.15) is 0 Å². The quantitative estimate of drug-likeness (QED) is 0.793. The maximum Gasteiger partial charge on any atom is 0.225 e. The SMILES string of the molecule is CCC(CC)C(=O)N1CCCN(C(=O)CCc2ccccc2C)CC1.